The van der Waals surface area contributed by atoms with Crippen molar-refractivity contribution in [2.45, 2.75) is 57.7 Å². The Hall–Kier alpha value is -0.860. The van der Waals surface area contributed by atoms with E-state index < -0.39 is 0 Å². The molecule has 0 heterocycles. The molecule has 1 aliphatic rings. The van der Waals surface area contributed by atoms with Gasteiger partial charge >= 0.3 is 0 Å². The summed E-state index contributed by atoms with van der Waals surface area (Å²) in [5, 5.41) is 3.54. The van der Waals surface area contributed by atoms with Crippen molar-refractivity contribution in [2.24, 2.45) is 5.92 Å². The molecule has 1 fully saturated rings. The van der Waals surface area contributed by atoms with Crippen molar-refractivity contribution in [3.8, 4) is 0 Å². The number of nitrogens with zero attached hydrogens (tertiary/aromatic N) is 1. The van der Waals surface area contributed by atoms with E-state index >= 15 is 0 Å². The topological polar surface area (TPSA) is 15.3 Å². The number of rotatable bonds is 6. The van der Waals surface area contributed by atoms with Gasteiger partial charge in [0.2, 0.25) is 0 Å². The minimum Gasteiger partial charge on any atom is -0.315 e. The lowest BCUT2D eigenvalue weighted by Gasteiger charge is -2.41. The molecule has 0 radical (unpaired) electrons. The molecule has 0 amide bonds. The third-order valence-electron chi connectivity index (χ3n) is 4.83. The van der Waals surface area contributed by atoms with Gasteiger partial charge in [-0.3, -0.25) is 4.90 Å². The molecule has 0 spiro atoms. The average molecular weight is 274 g/mol. The van der Waals surface area contributed by atoms with Crippen LogP contribution in [0.5, 0.6) is 0 Å². The summed E-state index contributed by atoms with van der Waals surface area (Å²) in [6.07, 6.45) is 6.79. The second kappa shape index (κ2) is 7.80. The molecule has 1 aromatic rings. The predicted molar refractivity (Wildman–Crippen MR) is 86.8 cm³/mol. The van der Waals surface area contributed by atoms with Crippen LogP contribution in [-0.2, 0) is 6.54 Å². The van der Waals surface area contributed by atoms with Crippen LogP contribution in [0, 0.1) is 5.92 Å². The Balaban J connectivity index is 1.98. The Bertz CT molecular complexity index is 376. The summed E-state index contributed by atoms with van der Waals surface area (Å²) in [4.78, 5) is 2.55. The zero-order valence-corrected chi connectivity index (χ0v) is 13.3. The lowest BCUT2D eigenvalue weighted by molar-refractivity contribution is 0.114. The molecule has 0 aliphatic heterocycles. The molecule has 0 aromatic heterocycles. The first-order valence-corrected chi connectivity index (χ1v) is 8.16. The molecule has 1 aromatic carbocycles. The van der Waals surface area contributed by atoms with Gasteiger partial charge in [0.1, 0.15) is 0 Å². The number of benzene rings is 1. The van der Waals surface area contributed by atoms with E-state index in [1.165, 1.54) is 37.7 Å². The molecule has 3 unspecified atom stereocenters. The van der Waals surface area contributed by atoms with Crippen molar-refractivity contribution in [1.29, 1.82) is 0 Å². The fraction of sp³-hybridized carbons (Fsp3) is 0.667. The highest BCUT2D eigenvalue weighted by Gasteiger charge is 2.31. The smallest absolute Gasteiger partial charge is 0.0252 e. The maximum atomic E-state index is 3.54. The van der Waals surface area contributed by atoms with Crippen molar-refractivity contribution in [3.05, 3.63) is 35.9 Å². The highest BCUT2D eigenvalue weighted by molar-refractivity contribution is 5.14. The van der Waals surface area contributed by atoms with E-state index in [4.69, 9.17) is 0 Å². The van der Waals surface area contributed by atoms with Crippen LogP contribution in [0.2, 0.25) is 0 Å². The zero-order valence-electron chi connectivity index (χ0n) is 13.3. The van der Waals surface area contributed by atoms with Crippen LogP contribution in [0.3, 0.4) is 0 Å². The Morgan fingerprint density at radius 1 is 1.20 bits per heavy atom. The summed E-state index contributed by atoms with van der Waals surface area (Å²) in [5.41, 5.74) is 1.42. The van der Waals surface area contributed by atoms with Crippen molar-refractivity contribution >= 4 is 0 Å². The summed E-state index contributed by atoms with van der Waals surface area (Å²) in [6.45, 7) is 3.37. The largest absolute Gasteiger partial charge is 0.315 e. The number of hydrogen-bond donors (Lipinski definition) is 1. The highest BCUT2D eigenvalue weighted by atomic mass is 15.2. The summed E-state index contributed by atoms with van der Waals surface area (Å²) >= 11 is 0. The summed E-state index contributed by atoms with van der Waals surface area (Å²) in [7, 11) is 4.41. The maximum absolute atomic E-state index is 3.54. The van der Waals surface area contributed by atoms with Crippen molar-refractivity contribution in [3.63, 3.8) is 0 Å². The van der Waals surface area contributed by atoms with E-state index in [2.05, 4.69) is 61.6 Å². The van der Waals surface area contributed by atoms with Crippen LogP contribution >= 0.6 is 0 Å². The van der Waals surface area contributed by atoms with E-state index in [0.29, 0.717) is 12.1 Å². The first kappa shape index (κ1) is 15.5. The lowest BCUT2D eigenvalue weighted by atomic mass is 9.79. The minimum atomic E-state index is 0.650. The van der Waals surface area contributed by atoms with Crippen LogP contribution in [0.15, 0.2) is 30.3 Å². The summed E-state index contributed by atoms with van der Waals surface area (Å²) < 4.78 is 0. The standard InChI is InChI=1S/C18H30N2/c1-4-8-15-11-12-17(19-2)18(13-15)20(3)14-16-9-6-5-7-10-16/h5-7,9-10,15,17-19H,4,8,11-14H2,1-3H3. The molecule has 2 heteroatoms. The van der Waals surface area contributed by atoms with Crippen molar-refractivity contribution in [1.82, 2.24) is 10.2 Å². The van der Waals surface area contributed by atoms with E-state index in [0.717, 1.165) is 12.5 Å². The average Bonchev–Trinajstić information content (AvgIpc) is 2.48. The van der Waals surface area contributed by atoms with Crippen LogP contribution < -0.4 is 5.32 Å². The molecule has 1 aliphatic carbocycles. The minimum absolute atomic E-state index is 0.650. The third kappa shape index (κ3) is 4.07. The Labute approximate surface area is 124 Å². The number of likely N-dealkylation sites (N-methyl/N-ethyl adjacent to an activating group) is 2. The van der Waals surface area contributed by atoms with Crippen LogP contribution in [-0.4, -0.2) is 31.1 Å². The first-order valence-electron chi connectivity index (χ1n) is 8.16. The molecule has 0 saturated heterocycles. The lowest BCUT2D eigenvalue weighted by Crippen LogP contribution is -2.50. The van der Waals surface area contributed by atoms with Gasteiger partial charge in [-0.1, -0.05) is 50.1 Å². The van der Waals surface area contributed by atoms with Gasteiger partial charge in [0, 0.05) is 18.6 Å². The monoisotopic (exact) mass is 274 g/mol. The molecule has 1 N–H and O–H groups in total. The van der Waals surface area contributed by atoms with E-state index in [9.17, 15) is 0 Å². The van der Waals surface area contributed by atoms with E-state index in [1.54, 1.807) is 0 Å². The van der Waals surface area contributed by atoms with Gasteiger partial charge in [-0.2, -0.15) is 0 Å². The van der Waals surface area contributed by atoms with Gasteiger partial charge in [0.15, 0.2) is 0 Å². The predicted octanol–water partition coefficient (Wildman–Crippen LogP) is 3.68. The highest BCUT2D eigenvalue weighted by Crippen LogP contribution is 2.31. The zero-order chi connectivity index (χ0) is 14.4. The second-order valence-corrected chi connectivity index (χ2v) is 6.33. The van der Waals surface area contributed by atoms with Gasteiger partial charge in [-0.05, 0) is 44.8 Å². The summed E-state index contributed by atoms with van der Waals surface area (Å²) in [6, 6.07) is 12.2. The molecule has 2 nitrogen and oxygen atoms in total. The van der Waals surface area contributed by atoms with Gasteiger partial charge < -0.3 is 5.32 Å². The van der Waals surface area contributed by atoms with Crippen molar-refractivity contribution < 1.29 is 0 Å². The molecular formula is C18H30N2. The molecule has 1 saturated carbocycles. The number of nitrogens with one attached hydrogen (secondary N) is 1. The van der Waals surface area contributed by atoms with Crippen molar-refractivity contribution in [2.75, 3.05) is 14.1 Å². The van der Waals surface area contributed by atoms with Gasteiger partial charge in [-0.25, -0.2) is 0 Å². The molecule has 112 valence electrons. The SMILES string of the molecule is CCCC1CCC(NC)C(N(C)Cc2ccccc2)C1. The van der Waals surface area contributed by atoms with Gasteiger partial charge in [0.05, 0.1) is 0 Å². The molecule has 2 rings (SSSR count). The fourth-order valence-electron chi connectivity index (χ4n) is 3.71. The maximum Gasteiger partial charge on any atom is 0.0252 e. The van der Waals surface area contributed by atoms with Crippen LogP contribution in [0.4, 0.5) is 0 Å². The number of hydrogen-bond acceptors (Lipinski definition) is 2. The van der Waals surface area contributed by atoms with Crippen LogP contribution in [0.25, 0.3) is 0 Å². The molecule has 20 heavy (non-hydrogen) atoms. The van der Waals surface area contributed by atoms with Gasteiger partial charge in [0.25, 0.3) is 0 Å². The second-order valence-electron chi connectivity index (χ2n) is 6.33. The Kier molecular flexibility index (Phi) is 6.06. The van der Waals surface area contributed by atoms with Gasteiger partial charge in [-0.15, -0.1) is 0 Å². The fourth-order valence-corrected chi connectivity index (χ4v) is 3.71. The van der Waals surface area contributed by atoms with E-state index in [1.807, 2.05) is 0 Å². The quantitative estimate of drug-likeness (QED) is 0.851. The molecular weight excluding hydrogens is 244 g/mol. The Morgan fingerprint density at radius 2 is 1.95 bits per heavy atom. The molecule has 3 atom stereocenters. The normalized spacial score (nSPS) is 26.9. The first-order chi connectivity index (χ1) is 9.74. The van der Waals surface area contributed by atoms with E-state index in [-0.39, 0.29) is 0 Å². The summed E-state index contributed by atoms with van der Waals surface area (Å²) in [5.74, 6) is 0.924. The molecule has 0 bridgehead atoms. The third-order valence-corrected chi connectivity index (χ3v) is 4.83. The van der Waals surface area contributed by atoms with Crippen LogP contribution in [0.1, 0.15) is 44.6 Å². The Morgan fingerprint density at radius 3 is 2.60 bits per heavy atom.